The van der Waals surface area contributed by atoms with E-state index in [2.05, 4.69) is 10.3 Å². The smallest absolute Gasteiger partial charge is 0.335 e. The van der Waals surface area contributed by atoms with Gasteiger partial charge in [0.05, 0.1) is 29.4 Å². The molecular formula is C21H16FN3O4. The molecule has 0 atom stereocenters. The average molecular weight is 393 g/mol. The standard InChI is InChI=1S/C21H16FN3O4/c22-15-6-3-13(4-7-15)12-25-17-8-5-14(21(27)28)10-16(17)24-19(25)11-23-20(26)18-2-1-9-29-18/h1-10H,11-12H2,(H,23,26)(H,27,28). The first kappa shape index (κ1) is 18.4. The molecule has 0 aliphatic rings. The van der Waals surface area contributed by atoms with Crippen molar-refractivity contribution in [1.29, 1.82) is 0 Å². The van der Waals surface area contributed by atoms with Crippen LogP contribution in [0.15, 0.2) is 65.3 Å². The molecule has 8 heteroatoms. The fourth-order valence-electron chi connectivity index (χ4n) is 3.05. The number of carboxylic acid groups (broad SMARTS) is 1. The van der Waals surface area contributed by atoms with Gasteiger partial charge in [0.1, 0.15) is 11.6 Å². The Bertz CT molecular complexity index is 1180. The van der Waals surface area contributed by atoms with Crippen molar-refractivity contribution in [2.45, 2.75) is 13.1 Å². The van der Waals surface area contributed by atoms with Crippen LogP contribution in [0.3, 0.4) is 0 Å². The van der Waals surface area contributed by atoms with Gasteiger partial charge in [-0.05, 0) is 48.0 Å². The van der Waals surface area contributed by atoms with Gasteiger partial charge in [-0.1, -0.05) is 12.1 Å². The summed E-state index contributed by atoms with van der Waals surface area (Å²) < 4.78 is 20.2. The summed E-state index contributed by atoms with van der Waals surface area (Å²) in [6.45, 7) is 0.493. The topological polar surface area (TPSA) is 97.4 Å². The van der Waals surface area contributed by atoms with E-state index in [0.717, 1.165) is 5.56 Å². The number of aromatic nitrogens is 2. The molecule has 0 saturated heterocycles. The lowest BCUT2D eigenvalue weighted by Gasteiger charge is -2.10. The van der Waals surface area contributed by atoms with Gasteiger partial charge in [-0.25, -0.2) is 14.2 Å². The molecule has 29 heavy (non-hydrogen) atoms. The van der Waals surface area contributed by atoms with Gasteiger partial charge >= 0.3 is 5.97 Å². The first-order valence-electron chi connectivity index (χ1n) is 8.80. The van der Waals surface area contributed by atoms with Crippen molar-refractivity contribution in [2.75, 3.05) is 0 Å². The molecule has 4 aromatic rings. The van der Waals surface area contributed by atoms with Crippen molar-refractivity contribution < 1.29 is 23.5 Å². The second-order valence-corrected chi connectivity index (χ2v) is 6.41. The molecule has 0 aliphatic carbocycles. The number of rotatable bonds is 6. The van der Waals surface area contributed by atoms with Crippen LogP contribution in [0, 0.1) is 5.82 Å². The molecule has 0 unspecified atom stereocenters. The number of fused-ring (bicyclic) bond motifs is 1. The highest BCUT2D eigenvalue weighted by atomic mass is 19.1. The highest BCUT2D eigenvalue weighted by molar-refractivity contribution is 5.93. The number of furan rings is 1. The highest BCUT2D eigenvalue weighted by Crippen LogP contribution is 2.20. The number of hydrogen-bond acceptors (Lipinski definition) is 4. The minimum absolute atomic E-state index is 0.109. The molecule has 2 aromatic carbocycles. The van der Waals surface area contributed by atoms with Crippen molar-refractivity contribution in [3.63, 3.8) is 0 Å². The van der Waals surface area contributed by atoms with E-state index in [1.807, 2.05) is 4.57 Å². The molecule has 0 spiro atoms. The maximum absolute atomic E-state index is 13.2. The average Bonchev–Trinajstić information content (AvgIpc) is 3.36. The predicted molar refractivity (Wildman–Crippen MR) is 102 cm³/mol. The molecule has 2 aromatic heterocycles. The third-order valence-corrected chi connectivity index (χ3v) is 4.48. The number of imidazole rings is 1. The molecule has 1 amide bonds. The van der Waals surface area contributed by atoms with Crippen LogP contribution in [-0.4, -0.2) is 26.5 Å². The Morgan fingerprint density at radius 1 is 1.14 bits per heavy atom. The molecule has 7 nitrogen and oxygen atoms in total. The quantitative estimate of drug-likeness (QED) is 0.523. The van der Waals surface area contributed by atoms with Crippen LogP contribution in [0.2, 0.25) is 0 Å². The third-order valence-electron chi connectivity index (χ3n) is 4.48. The van der Waals surface area contributed by atoms with Crippen molar-refractivity contribution in [1.82, 2.24) is 14.9 Å². The molecule has 0 bridgehead atoms. The van der Waals surface area contributed by atoms with Crippen molar-refractivity contribution in [3.05, 3.63) is 89.4 Å². The molecule has 0 saturated carbocycles. The van der Waals surface area contributed by atoms with Crippen molar-refractivity contribution in [2.24, 2.45) is 0 Å². The molecule has 146 valence electrons. The van der Waals surface area contributed by atoms with Gasteiger partial charge in [0.2, 0.25) is 0 Å². The lowest BCUT2D eigenvalue weighted by atomic mass is 10.2. The van der Waals surface area contributed by atoms with E-state index >= 15 is 0 Å². The van der Waals surface area contributed by atoms with Crippen LogP contribution in [0.5, 0.6) is 0 Å². The van der Waals surface area contributed by atoms with Gasteiger partial charge in [-0.2, -0.15) is 0 Å². The van der Waals surface area contributed by atoms with Gasteiger partial charge in [-0.3, -0.25) is 4.79 Å². The molecule has 0 radical (unpaired) electrons. The number of aromatic carboxylic acids is 1. The lowest BCUT2D eigenvalue weighted by molar-refractivity contribution is 0.0696. The van der Waals surface area contributed by atoms with E-state index < -0.39 is 5.97 Å². The van der Waals surface area contributed by atoms with E-state index in [9.17, 15) is 19.1 Å². The summed E-state index contributed by atoms with van der Waals surface area (Å²) in [5, 5.41) is 12.0. The zero-order chi connectivity index (χ0) is 20.4. The maximum Gasteiger partial charge on any atom is 0.335 e. The Balaban J connectivity index is 1.69. The van der Waals surface area contributed by atoms with Crippen LogP contribution in [0.1, 0.15) is 32.3 Å². The normalized spacial score (nSPS) is 10.9. The molecule has 2 heterocycles. The van der Waals surface area contributed by atoms with Crippen molar-refractivity contribution >= 4 is 22.9 Å². The number of benzene rings is 2. The van der Waals surface area contributed by atoms with Crippen LogP contribution >= 0.6 is 0 Å². The first-order valence-corrected chi connectivity index (χ1v) is 8.80. The Morgan fingerprint density at radius 2 is 1.93 bits per heavy atom. The summed E-state index contributed by atoms with van der Waals surface area (Å²) in [5.74, 6) is -1.05. The Kier molecular flexibility index (Phi) is 4.82. The van der Waals surface area contributed by atoms with Gasteiger partial charge < -0.3 is 19.4 Å². The van der Waals surface area contributed by atoms with E-state index in [4.69, 9.17) is 4.42 Å². The number of amides is 1. The maximum atomic E-state index is 13.2. The first-order chi connectivity index (χ1) is 14.0. The number of nitrogens with zero attached hydrogens (tertiary/aromatic N) is 2. The van der Waals surface area contributed by atoms with Crippen LogP contribution in [0.4, 0.5) is 4.39 Å². The minimum atomic E-state index is -1.05. The SMILES string of the molecule is O=C(O)c1ccc2c(c1)nc(CNC(=O)c1ccco1)n2Cc1ccc(F)cc1. The van der Waals surface area contributed by atoms with Gasteiger partial charge in [0.15, 0.2) is 5.76 Å². The van der Waals surface area contributed by atoms with Gasteiger partial charge in [0, 0.05) is 6.54 Å². The highest BCUT2D eigenvalue weighted by Gasteiger charge is 2.16. The van der Waals surface area contributed by atoms with E-state index in [0.29, 0.717) is 23.4 Å². The molecule has 2 N–H and O–H groups in total. The molecule has 4 rings (SSSR count). The number of nitrogens with one attached hydrogen (secondary N) is 1. The van der Waals surface area contributed by atoms with Crippen LogP contribution < -0.4 is 5.32 Å². The van der Waals surface area contributed by atoms with E-state index in [1.165, 1.54) is 30.5 Å². The molecule has 0 fully saturated rings. The number of carboxylic acids is 1. The number of hydrogen-bond donors (Lipinski definition) is 2. The predicted octanol–water partition coefficient (Wildman–Crippen LogP) is 3.44. The second kappa shape index (κ2) is 7.59. The molecular weight excluding hydrogens is 377 g/mol. The monoisotopic (exact) mass is 393 g/mol. The van der Waals surface area contributed by atoms with Crippen LogP contribution in [-0.2, 0) is 13.1 Å². The zero-order valence-corrected chi connectivity index (χ0v) is 15.1. The largest absolute Gasteiger partial charge is 0.478 e. The Hall–Kier alpha value is -3.94. The fourth-order valence-corrected chi connectivity index (χ4v) is 3.05. The molecule has 0 aliphatic heterocycles. The van der Waals surface area contributed by atoms with Crippen LogP contribution in [0.25, 0.3) is 11.0 Å². The minimum Gasteiger partial charge on any atom is -0.478 e. The fraction of sp³-hybridized carbons (Fsp3) is 0.0952. The zero-order valence-electron chi connectivity index (χ0n) is 15.1. The van der Waals surface area contributed by atoms with Gasteiger partial charge in [0.25, 0.3) is 5.91 Å². The summed E-state index contributed by atoms with van der Waals surface area (Å²) in [4.78, 5) is 28.0. The lowest BCUT2D eigenvalue weighted by Crippen LogP contribution is -2.24. The van der Waals surface area contributed by atoms with E-state index in [-0.39, 0.29) is 29.6 Å². The summed E-state index contributed by atoms with van der Waals surface area (Å²) in [6.07, 6.45) is 1.41. The van der Waals surface area contributed by atoms with E-state index in [1.54, 1.807) is 30.3 Å². The van der Waals surface area contributed by atoms with Crippen molar-refractivity contribution in [3.8, 4) is 0 Å². The summed E-state index contributed by atoms with van der Waals surface area (Å²) in [5.41, 5.74) is 2.16. The Morgan fingerprint density at radius 3 is 2.62 bits per heavy atom. The number of halogens is 1. The number of carbonyl (C=O) groups excluding carboxylic acids is 1. The summed E-state index contributed by atoms with van der Waals surface area (Å²) in [7, 11) is 0. The second-order valence-electron chi connectivity index (χ2n) is 6.41. The number of carbonyl (C=O) groups is 2. The summed E-state index contributed by atoms with van der Waals surface area (Å²) in [6, 6.07) is 13.9. The third kappa shape index (κ3) is 3.86. The Labute approximate surface area is 164 Å². The van der Waals surface area contributed by atoms with Gasteiger partial charge in [-0.15, -0.1) is 0 Å². The summed E-state index contributed by atoms with van der Waals surface area (Å²) >= 11 is 0.